The van der Waals surface area contributed by atoms with Crippen LogP contribution in [0.25, 0.3) is 0 Å². The highest BCUT2D eigenvalue weighted by atomic mass is 19.4. The van der Waals surface area contributed by atoms with E-state index < -0.39 is 24.4 Å². The molecule has 1 heterocycles. The van der Waals surface area contributed by atoms with Crippen LogP contribution in [-0.4, -0.2) is 14.9 Å². The van der Waals surface area contributed by atoms with E-state index in [9.17, 15) is 18.3 Å². The van der Waals surface area contributed by atoms with Crippen molar-refractivity contribution in [2.24, 2.45) is 7.05 Å². The summed E-state index contributed by atoms with van der Waals surface area (Å²) in [7, 11) is 1.32. The first kappa shape index (κ1) is 11.5. The Hall–Kier alpha value is -1.55. The average molecular weight is 219 g/mol. The number of aromatic nitrogens is 2. The van der Waals surface area contributed by atoms with Crippen molar-refractivity contribution in [2.75, 3.05) is 0 Å². The number of alkyl halides is 3. The molecule has 1 aromatic rings. The fourth-order valence-electron chi connectivity index (χ4n) is 1.17. The molecule has 1 N–H and O–H groups in total. The number of hydrogen-bond donors (Lipinski definition) is 1. The number of nitrogens with zero attached hydrogens (tertiary/aromatic N) is 3. The van der Waals surface area contributed by atoms with E-state index in [-0.39, 0.29) is 5.56 Å². The van der Waals surface area contributed by atoms with Crippen molar-refractivity contribution in [3.8, 4) is 6.07 Å². The predicted molar refractivity (Wildman–Crippen MR) is 43.4 cm³/mol. The second-order valence-corrected chi connectivity index (χ2v) is 2.98. The summed E-state index contributed by atoms with van der Waals surface area (Å²) in [6.45, 7) is 0. The van der Waals surface area contributed by atoms with E-state index in [1.165, 1.54) is 7.05 Å². The number of halogens is 3. The first-order chi connectivity index (χ1) is 6.86. The van der Waals surface area contributed by atoms with Gasteiger partial charge in [0.25, 0.3) is 0 Å². The van der Waals surface area contributed by atoms with E-state index in [4.69, 9.17) is 5.26 Å². The zero-order valence-corrected chi connectivity index (χ0v) is 7.78. The molecule has 0 saturated carbocycles. The van der Waals surface area contributed by atoms with Gasteiger partial charge in [0.2, 0.25) is 0 Å². The second-order valence-electron chi connectivity index (χ2n) is 2.98. The molecule has 0 saturated heterocycles. The van der Waals surface area contributed by atoms with Crippen LogP contribution in [0.5, 0.6) is 0 Å². The van der Waals surface area contributed by atoms with E-state index >= 15 is 0 Å². The van der Waals surface area contributed by atoms with Crippen molar-refractivity contribution in [3.05, 3.63) is 17.5 Å². The summed E-state index contributed by atoms with van der Waals surface area (Å²) in [5.74, 6) is 0. The summed E-state index contributed by atoms with van der Waals surface area (Å²) >= 11 is 0. The van der Waals surface area contributed by atoms with Crippen molar-refractivity contribution in [1.82, 2.24) is 9.78 Å². The first-order valence-corrected chi connectivity index (χ1v) is 4.02. The molecule has 0 amide bonds. The quantitative estimate of drug-likeness (QED) is 0.817. The van der Waals surface area contributed by atoms with Gasteiger partial charge in [-0.05, 0) is 0 Å². The lowest BCUT2D eigenvalue weighted by Crippen LogP contribution is -2.11. The van der Waals surface area contributed by atoms with Gasteiger partial charge in [-0.2, -0.15) is 23.5 Å². The van der Waals surface area contributed by atoms with Crippen LogP contribution in [0.15, 0.2) is 6.20 Å². The molecular formula is C8H8F3N3O. The minimum Gasteiger partial charge on any atom is -0.387 e. The molecule has 0 aromatic carbocycles. The molecule has 0 spiro atoms. The molecule has 15 heavy (non-hydrogen) atoms. The molecular weight excluding hydrogens is 211 g/mol. The third-order valence-corrected chi connectivity index (χ3v) is 1.77. The molecule has 4 nitrogen and oxygen atoms in total. The van der Waals surface area contributed by atoms with Crippen molar-refractivity contribution in [1.29, 1.82) is 5.26 Å². The van der Waals surface area contributed by atoms with Crippen LogP contribution in [0.3, 0.4) is 0 Å². The van der Waals surface area contributed by atoms with Gasteiger partial charge >= 0.3 is 6.18 Å². The van der Waals surface area contributed by atoms with Crippen LogP contribution < -0.4 is 0 Å². The summed E-state index contributed by atoms with van der Waals surface area (Å²) in [5.41, 5.74) is -1.51. The summed E-state index contributed by atoms with van der Waals surface area (Å²) in [6.07, 6.45) is -5.41. The number of aryl methyl sites for hydroxylation is 1. The van der Waals surface area contributed by atoms with Gasteiger partial charge in [0.15, 0.2) is 5.69 Å². The molecule has 1 unspecified atom stereocenters. The van der Waals surface area contributed by atoms with Crippen molar-refractivity contribution < 1.29 is 18.3 Å². The van der Waals surface area contributed by atoms with Gasteiger partial charge in [-0.3, -0.25) is 4.68 Å². The summed E-state index contributed by atoms with van der Waals surface area (Å²) in [5, 5.41) is 20.8. The third-order valence-electron chi connectivity index (χ3n) is 1.77. The predicted octanol–water partition coefficient (Wildman–Crippen LogP) is 1.39. The zero-order chi connectivity index (χ0) is 11.6. The average Bonchev–Trinajstić information content (AvgIpc) is 2.47. The Morgan fingerprint density at radius 1 is 1.67 bits per heavy atom. The van der Waals surface area contributed by atoms with Gasteiger partial charge in [0.1, 0.15) is 0 Å². The van der Waals surface area contributed by atoms with Crippen LogP contribution >= 0.6 is 0 Å². The number of nitriles is 1. The maximum atomic E-state index is 12.4. The highest BCUT2D eigenvalue weighted by Gasteiger charge is 2.38. The minimum absolute atomic E-state index is 0.369. The monoisotopic (exact) mass is 219 g/mol. The number of aliphatic hydroxyl groups excluding tert-OH is 1. The van der Waals surface area contributed by atoms with Crippen LogP contribution in [0, 0.1) is 11.3 Å². The van der Waals surface area contributed by atoms with Crippen LogP contribution in [0.1, 0.15) is 23.8 Å². The molecule has 7 heteroatoms. The number of hydrogen-bond acceptors (Lipinski definition) is 3. The topological polar surface area (TPSA) is 61.8 Å². The summed E-state index contributed by atoms with van der Waals surface area (Å²) in [4.78, 5) is 0. The molecule has 0 aliphatic heterocycles. The molecule has 0 aliphatic carbocycles. The molecule has 0 fully saturated rings. The number of aliphatic hydroxyl groups is 1. The van der Waals surface area contributed by atoms with Crippen molar-refractivity contribution in [3.63, 3.8) is 0 Å². The largest absolute Gasteiger partial charge is 0.435 e. The molecule has 0 aliphatic rings. The lowest BCUT2D eigenvalue weighted by atomic mass is 10.1. The van der Waals surface area contributed by atoms with Crippen LogP contribution in [0.4, 0.5) is 13.2 Å². The number of rotatable bonds is 2. The lowest BCUT2D eigenvalue weighted by molar-refractivity contribution is -0.143. The third kappa shape index (κ3) is 2.47. The van der Waals surface area contributed by atoms with Gasteiger partial charge in [0.05, 0.1) is 18.6 Å². The molecule has 0 bridgehead atoms. The lowest BCUT2D eigenvalue weighted by Gasteiger charge is -2.08. The van der Waals surface area contributed by atoms with Gasteiger partial charge in [0, 0.05) is 18.8 Å². The standard InChI is InChI=1S/C8H8F3N3O/c1-14-4-5(6(15)2-3-12)7(13-14)8(9,10)11/h4,6,15H,2H2,1H3. The van der Waals surface area contributed by atoms with E-state index in [0.717, 1.165) is 10.9 Å². The molecule has 1 aromatic heterocycles. The van der Waals surface area contributed by atoms with Crippen LogP contribution in [-0.2, 0) is 13.2 Å². The van der Waals surface area contributed by atoms with E-state index in [1.54, 1.807) is 6.07 Å². The van der Waals surface area contributed by atoms with Gasteiger partial charge < -0.3 is 5.11 Å². The normalized spacial score (nSPS) is 13.6. The maximum Gasteiger partial charge on any atom is 0.435 e. The van der Waals surface area contributed by atoms with Gasteiger partial charge in [-0.1, -0.05) is 0 Å². The van der Waals surface area contributed by atoms with E-state index in [1.807, 2.05) is 0 Å². The Morgan fingerprint density at radius 3 is 2.73 bits per heavy atom. The Labute approximate surface area is 83.5 Å². The Bertz CT molecular complexity index is 391. The zero-order valence-electron chi connectivity index (χ0n) is 7.78. The summed E-state index contributed by atoms with van der Waals surface area (Å²) < 4.78 is 38.1. The van der Waals surface area contributed by atoms with Crippen molar-refractivity contribution in [2.45, 2.75) is 18.7 Å². The Morgan fingerprint density at radius 2 is 2.27 bits per heavy atom. The molecule has 0 radical (unpaired) electrons. The van der Waals surface area contributed by atoms with E-state index in [2.05, 4.69) is 5.10 Å². The minimum atomic E-state index is -4.62. The van der Waals surface area contributed by atoms with Crippen LogP contribution in [0.2, 0.25) is 0 Å². The molecule has 1 rings (SSSR count). The SMILES string of the molecule is Cn1cc(C(O)CC#N)c(C(F)(F)F)n1. The first-order valence-electron chi connectivity index (χ1n) is 4.02. The highest BCUT2D eigenvalue weighted by Crippen LogP contribution is 2.33. The fraction of sp³-hybridized carbons (Fsp3) is 0.500. The smallest absolute Gasteiger partial charge is 0.387 e. The summed E-state index contributed by atoms with van der Waals surface area (Å²) in [6, 6.07) is 1.60. The Kier molecular flexibility index (Phi) is 3.00. The van der Waals surface area contributed by atoms with Crippen molar-refractivity contribution >= 4 is 0 Å². The molecule has 1 atom stereocenters. The molecule has 82 valence electrons. The maximum absolute atomic E-state index is 12.4. The Balaban J connectivity index is 3.13. The van der Waals surface area contributed by atoms with Gasteiger partial charge in [-0.15, -0.1) is 0 Å². The fourth-order valence-corrected chi connectivity index (χ4v) is 1.17. The van der Waals surface area contributed by atoms with Gasteiger partial charge in [-0.25, -0.2) is 0 Å². The second kappa shape index (κ2) is 3.90. The van der Waals surface area contributed by atoms with E-state index in [0.29, 0.717) is 0 Å². The highest BCUT2D eigenvalue weighted by molar-refractivity contribution is 5.23.